The number of rotatable bonds is 2. The molecule has 0 unspecified atom stereocenters. The molecule has 0 aliphatic rings. The third kappa shape index (κ3) is 2.06. The van der Waals surface area contributed by atoms with Gasteiger partial charge in [0.1, 0.15) is 0 Å². The Morgan fingerprint density at radius 2 is 2.06 bits per heavy atom. The van der Waals surface area contributed by atoms with Crippen molar-refractivity contribution < 1.29 is 9.90 Å². The molecule has 1 aromatic heterocycles. The van der Waals surface area contributed by atoms with Gasteiger partial charge in [-0.1, -0.05) is 22.0 Å². The van der Waals surface area contributed by atoms with Crippen molar-refractivity contribution >= 4 is 21.9 Å². The van der Waals surface area contributed by atoms with E-state index in [9.17, 15) is 4.79 Å². The van der Waals surface area contributed by atoms with Crippen LogP contribution in [-0.4, -0.2) is 20.9 Å². The zero-order chi connectivity index (χ0) is 13.4. The van der Waals surface area contributed by atoms with Gasteiger partial charge in [-0.25, -0.2) is 4.79 Å². The maximum absolute atomic E-state index is 10.9. The molecule has 2 rings (SSSR count). The number of carboxylic acid groups (broad SMARTS) is 1. The van der Waals surface area contributed by atoms with Gasteiger partial charge in [0.05, 0.1) is 5.69 Å². The van der Waals surface area contributed by atoms with Crippen molar-refractivity contribution in [3.05, 3.63) is 39.5 Å². The Balaban J connectivity index is 2.69. The predicted molar refractivity (Wildman–Crippen MR) is 72.8 cm³/mol. The normalized spacial score (nSPS) is 10.7. The van der Waals surface area contributed by atoms with Crippen LogP contribution in [0.3, 0.4) is 0 Å². The molecule has 0 saturated carbocycles. The van der Waals surface area contributed by atoms with Gasteiger partial charge in [0.2, 0.25) is 0 Å². The third-order valence-electron chi connectivity index (χ3n) is 3.04. The maximum Gasteiger partial charge on any atom is 0.356 e. The lowest BCUT2D eigenvalue weighted by molar-refractivity contribution is 0.0689. The van der Waals surface area contributed by atoms with Gasteiger partial charge < -0.3 is 5.11 Å². The highest BCUT2D eigenvalue weighted by Crippen LogP contribution is 2.33. The molecule has 94 valence electrons. The van der Waals surface area contributed by atoms with E-state index in [0.717, 1.165) is 26.9 Å². The molecule has 0 saturated heterocycles. The van der Waals surface area contributed by atoms with Crippen molar-refractivity contribution in [2.45, 2.75) is 13.8 Å². The summed E-state index contributed by atoms with van der Waals surface area (Å²) >= 11 is 3.51. The first-order chi connectivity index (χ1) is 8.41. The summed E-state index contributed by atoms with van der Waals surface area (Å²) in [5.41, 5.74) is 4.11. The largest absolute Gasteiger partial charge is 0.476 e. The number of aryl methyl sites for hydroxylation is 2. The Kier molecular flexibility index (Phi) is 3.26. The van der Waals surface area contributed by atoms with Gasteiger partial charge in [-0.2, -0.15) is 5.10 Å². The summed E-state index contributed by atoms with van der Waals surface area (Å²) in [7, 11) is 1.75. The van der Waals surface area contributed by atoms with Gasteiger partial charge in [0.15, 0.2) is 5.69 Å². The molecule has 2 aromatic rings. The van der Waals surface area contributed by atoms with E-state index in [-0.39, 0.29) is 5.69 Å². The fourth-order valence-corrected chi connectivity index (χ4v) is 2.54. The first kappa shape index (κ1) is 12.8. The number of aromatic nitrogens is 2. The summed E-state index contributed by atoms with van der Waals surface area (Å²) in [6, 6.07) is 5.58. The van der Waals surface area contributed by atoms with Gasteiger partial charge in [0.25, 0.3) is 0 Å². The summed E-state index contributed by atoms with van der Waals surface area (Å²) in [6.07, 6.45) is 0. The molecular formula is C13H13BrN2O2. The molecule has 0 aliphatic heterocycles. The summed E-state index contributed by atoms with van der Waals surface area (Å²) < 4.78 is 2.53. The van der Waals surface area contributed by atoms with Gasteiger partial charge in [0, 0.05) is 17.1 Å². The number of carboxylic acids is 1. The first-order valence-electron chi connectivity index (χ1n) is 5.45. The van der Waals surface area contributed by atoms with Crippen LogP contribution in [0, 0.1) is 13.8 Å². The lowest BCUT2D eigenvalue weighted by Gasteiger charge is -2.11. The SMILES string of the molecule is Cc1ccc(Br)c(-c2cc(C(=O)O)nn2C)c1C. The molecule has 1 heterocycles. The van der Waals surface area contributed by atoms with Crippen LogP contribution in [0.5, 0.6) is 0 Å². The average Bonchev–Trinajstić information content (AvgIpc) is 2.67. The molecule has 0 fully saturated rings. The lowest BCUT2D eigenvalue weighted by Crippen LogP contribution is -2.00. The maximum atomic E-state index is 10.9. The van der Waals surface area contributed by atoms with E-state index in [1.54, 1.807) is 17.8 Å². The zero-order valence-electron chi connectivity index (χ0n) is 10.4. The highest BCUT2D eigenvalue weighted by molar-refractivity contribution is 9.10. The minimum atomic E-state index is -1.02. The van der Waals surface area contributed by atoms with E-state index in [1.165, 1.54) is 0 Å². The summed E-state index contributed by atoms with van der Waals surface area (Å²) in [5, 5.41) is 13.0. The Morgan fingerprint density at radius 1 is 1.39 bits per heavy atom. The van der Waals surface area contributed by atoms with Crippen LogP contribution >= 0.6 is 15.9 Å². The number of halogens is 1. The fourth-order valence-electron chi connectivity index (χ4n) is 1.90. The van der Waals surface area contributed by atoms with E-state index >= 15 is 0 Å². The van der Waals surface area contributed by atoms with Gasteiger partial charge in [-0.05, 0) is 37.1 Å². The standard InChI is InChI=1S/C13H13BrN2O2/c1-7-4-5-9(14)12(8(7)2)11-6-10(13(17)18)15-16(11)3/h4-6H,1-3H3,(H,17,18). The van der Waals surface area contributed by atoms with Crippen LogP contribution < -0.4 is 0 Å². The second kappa shape index (κ2) is 4.57. The predicted octanol–water partition coefficient (Wildman–Crippen LogP) is 3.16. The summed E-state index contributed by atoms with van der Waals surface area (Å²) in [5.74, 6) is -1.02. The molecule has 0 radical (unpaired) electrons. The molecule has 0 aliphatic carbocycles. The number of carbonyl (C=O) groups is 1. The topological polar surface area (TPSA) is 55.1 Å². The van der Waals surface area contributed by atoms with E-state index < -0.39 is 5.97 Å². The Labute approximate surface area is 113 Å². The van der Waals surface area contributed by atoms with Crippen molar-refractivity contribution in [1.82, 2.24) is 9.78 Å². The molecule has 1 N–H and O–H groups in total. The Bertz CT molecular complexity index is 632. The summed E-state index contributed by atoms with van der Waals surface area (Å²) in [4.78, 5) is 10.9. The van der Waals surface area contributed by atoms with Crippen molar-refractivity contribution in [3.63, 3.8) is 0 Å². The van der Waals surface area contributed by atoms with Crippen molar-refractivity contribution in [2.75, 3.05) is 0 Å². The second-order valence-corrected chi connectivity index (χ2v) is 5.06. The van der Waals surface area contributed by atoms with Gasteiger partial charge in [-0.15, -0.1) is 0 Å². The van der Waals surface area contributed by atoms with Crippen molar-refractivity contribution in [3.8, 4) is 11.3 Å². The minimum absolute atomic E-state index is 0.0558. The van der Waals surface area contributed by atoms with Crippen LogP contribution in [0.1, 0.15) is 21.6 Å². The number of hydrogen-bond acceptors (Lipinski definition) is 2. The Morgan fingerprint density at radius 3 is 2.61 bits per heavy atom. The van der Waals surface area contributed by atoms with E-state index in [1.807, 2.05) is 26.0 Å². The molecule has 0 spiro atoms. The van der Waals surface area contributed by atoms with Gasteiger partial charge in [-0.3, -0.25) is 4.68 Å². The highest BCUT2D eigenvalue weighted by atomic mass is 79.9. The lowest BCUT2D eigenvalue weighted by atomic mass is 10.0. The number of hydrogen-bond donors (Lipinski definition) is 1. The molecule has 0 bridgehead atoms. The zero-order valence-corrected chi connectivity index (χ0v) is 11.9. The van der Waals surface area contributed by atoms with Crippen LogP contribution in [0.4, 0.5) is 0 Å². The molecular weight excluding hydrogens is 296 g/mol. The fraction of sp³-hybridized carbons (Fsp3) is 0.231. The number of nitrogens with zero attached hydrogens (tertiary/aromatic N) is 2. The van der Waals surface area contributed by atoms with Crippen molar-refractivity contribution in [1.29, 1.82) is 0 Å². The summed E-state index contributed by atoms with van der Waals surface area (Å²) in [6.45, 7) is 4.04. The van der Waals surface area contributed by atoms with E-state index in [2.05, 4.69) is 21.0 Å². The number of aromatic carboxylic acids is 1. The van der Waals surface area contributed by atoms with Crippen LogP contribution in [-0.2, 0) is 7.05 Å². The monoisotopic (exact) mass is 308 g/mol. The molecule has 0 amide bonds. The van der Waals surface area contributed by atoms with Gasteiger partial charge >= 0.3 is 5.97 Å². The molecule has 4 nitrogen and oxygen atoms in total. The molecule has 0 atom stereocenters. The average molecular weight is 309 g/mol. The van der Waals surface area contributed by atoms with E-state index in [4.69, 9.17) is 5.11 Å². The van der Waals surface area contributed by atoms with Crippen LogP contribution in [0.25, 0.3) is 11.3 Å². The van der Waals surface area contributed by atoms with E-state index in [0.29, 0.717) is 0 Å². The Hall–Kier alpha value is -1.62. The molecule has 18 heavy (non-hydrogen) atoms. The second-order valence-electron chi connectivity index (χ2n) is 4.21. The molecule has 5 heteroatoms. The number of benzene rings is 1. The third-order valence-corrected chi connectivity index (χ3v) is 3.70. The molecule has 1 aromatic carbocycles. The van der Waals surface area contributed by atoms with Crippen LogP contribution in [0.15, 0.2) is 22.7 Å². The quantitative estimate of drug-likeness (QED) is 0.927. The van der Waals surface area contributed by atoms with Crippen LogP contribution in [0.2, 0.25) is 0 Å². The minimum Gasteiger partial charge on any atom is -0.476 e. The first-order valence-corrected chi connectivity index (χ1v) is 6.24. The van der Waals surface area contributed by atoms with Crippen molar-refractivity contribution in [2.24, 2.45) is 7.05 Å². The highest BCUT2D eigenvalue weighted by Gasteiger charge is 2.16. The smallest absolute Gasteiger partial charge is 0.356 e.